The lowest BCUT2D eigenvalue weighted by Gasteiger charge is -2.08. The molecule has 0 saturated carbocycles. The first-order valence-electron chi connectivity index (χ1n) is 6.15. The quantitative estimate of drug-likeness (QED) is 0.922. The van der Waals surface area contributed by atoms with Gasteiger partial charge in [-0.25, -0.2) is 4.98 Å². The molecular weight excluding hydrogens is 285 g/mol. The number of alkyl halides is 3. The van der Waals surface area contributed by atoms with Gasteiger partial charge in [0.05, 0.1) is 36.9 Å². The van der Waals surface area contributed by atoms with Gasteiger partial charge in [0.1, 0.15) is 5.69 Å². The van der Waals surface area contributed by atoms with E-state index in [1.54, 1.807) is 18.2 Å². The zero-order valence-corrected chi connectivity index (χ0v) is 11.0. The molecule has 1 N–H and O–H groups in total. The summed E-state index contributed by atoms with van der Waals surface area (Å²) in [5.74, 6) is 0. The van der Waals surface area contributed by atoms with E-state index in [0.717, 1.165) is 6.07 Å². The molecule has 0 radical (unpaired) electrons. The van der Waals surface area contributed by atoms with Crippen LogP contribution in [-0.4, -0.2) is 15.1 Å². The fourth-order valence-electron chi connectivity index (χ4n) is 1.68. The SMILES string of the molecule is OCc1cccc(COCc2cccc(C(F)(F)F)n2)n1. The predicted molar refractivity (Wildman–Crippen MR) is 67.9 cm³/mol. The fraction of sp³-hybridized carbons (Fsp3) is 0.286. The largest absolute Gasteiger partial charge is 0.433 e. The monoisotopic (exact) mass is 298 g/mol. The van der Waals surface area contributed by atoms with Crippen molar-refractivity contribution in [2.45, 2.75) is 26.0 Å². The van der Waals surface area contributed by atoms with Crippen molar-refractivity contribution >= 4 is 0 Å². The van der Waals surface area contributed by atoms with Crippen LogP contribution in [0.2, 0.25) is 0 Å². The number of hydrogen-bond donors (Lipinski definition) is 1. The maximum atomic E-state index is 12.5. The second kappa shape index (κ2) is 6.64. The Morgan fingerprint density at radius 3 is 2.10 bits per heavy atom. The van der Waals surface area contributed by atoms with E-state index in [1.807, 2.05) is 0 Å². The summed E-state index contributed by atoms with van der Waals surface area (Å²) in [6.45, 7) is -0.0935. The molecule has 0 aliphatic carbocycles. The maximum Gasteiger partial charge on any atom is 0.433 e. The molecule has 2 aromatic heterocycles. The lowest BCUT2D eigenvalue weighted by molar-refractivity contribution is -0.141. The summed E-state index contributed by atoms with van der Waals surface area (Å²) in [5, 5.41) is 8.95. The van der Waals surface area contributed by atoms with Crippen LogP contribution in [0, 0.1) is 0 Å². The normalized spacial score (nSPS) is 11.6. The van der Waals surface area contributed by atoms with Crippen molar-refractivity contribution in [3.63, 3.8) is 0 Å². The minimum atomic E-state index is -4.47. The zero-order valence-electron chi connectivity index (χ0n) is 11.0. The average molecular weight is 298 g/mol. The molecule has 0 aromatic carbocycles. The van der Waals surface area contributed by atoms with Gasteiger partial charge in [-0.05, 0) is 24.3 Å². The molecule has 0 atom stereocenters. The van der Waals surface area contributed by atoms with E-state index in [9.17, 15) is 13.2 Å². The molecule has 0 aliphatic rings. The van der Waals surface area contributed by atoms with Crippen LogP contribution in [0.5, 0.6) is 0 Å². The second-order valence-corrected chi connectivity index (χ2v) is 4.28. The van der Waals surface area contributed by atoms with Crippen LogP contribution >= 0.6 is 0 Å². The number of aliphatic hydroxyl groups excluding tert-OH is 1. The van der Waals surface area contributed by atoms with Crippen molar-refractivity contribution in [3.05, 3.63) is 59.2 Å². The number of pyridine rings is 2. The summed E-state index contributed by atoms with van der Waals surface area (Å²) in [4.78, 5) is 7.60. The van der Waals surface area contributed by atoms with Crippen molar-refractivity contribution in [1.29, 1.82) is 0 Å². The molecule has 112 valence electrons. The minimum Gasteiger partial charge on any atom is -0.390 e. The number of hydrogen-bond acceptors (Lipinski definition) is 4. The van der Waals surface area contributed by atoms with E-state index in [-0.39, 0.29) is 25.5 Å². The van der Waals surface area contributed by atoms with E-state index in [0.29, 0.717) is 11.4 Å². The van der Waals surface area contributed by atoms with Crippen LogP contribution in [0.4, 0.5) is 13.2 Å². The van der Waals surface area contributed by atoms with Crippen molar-refractivity contribution in [2.75, 3.05) is 0 Å². The molecule has 0 amide bonds. The first kappa shape index (κ1) is 15.4. The lowest BCUT2D eigenvalue weighted by atomic mass is 10.3. The van der Waals surface area contributed by atoms with Crippen molar-refractivity contribution in [1.82, 2.24) is 9.97 Å². The summed E-state index contributed by atoms with van der Waals surface area (Å²) in [5.41, 5.74) is 0.356. The molecule has 2 rings (SSSR count). The van der Waals surface area contributed by atoms with Crippen LogP contribution in [0.25, 0.3) is 0 Å². The first-order valence-corrected chi connectivity index (χ1v) is 6.15. The fourth-order valence-corrected chi connectivity index (χ4v) is 1.68. The maximum absolute atomic E-state index is 12.5. The van der Waals surface area contributed by atoms with Gasteiger partial charge in [-0.1, -0.05) is 12.1 Å². The smallest absolute Gasteiger partial charge is 0.390 e. The van der Waals surface area contributed by atoms with Gasteiger partial charge in [-0.2, -0.15) is 13.2 Å². The van der Waals surface area contributed by atoms with Crippen LogP contribution in [0.1, 0.15) is 22.8 Å². The molecule has 2 heterocycles. The number of aromatic nitrogens is 2. The number of ether oxygens (including phenoxy) is 1. The Labute approximate surface area is 119 Å². The van der Waals surface area contributed by atoms with Gasteiger partial charge in [0.2, 0.25) is 0 Å². The minimum absolute atomic E-state index is 0.0467. The Kier molecular flexibility index (Phi) is 4.87. The van der Waals surface area contributed by atoms with Crippen LogP contribution in [0.3, 0.4) is 0 Å². The number of aliphatic hydroxyl groups is 1. The third kappa shape index (κ3) is 4.51. The standard InChI is InChI=1S/C14H13F3N2O2/c15-14(16,17)13-6-2-5-12(19-13)9-21-8-11-4-1-3-10(7-20)18-11/h1-6,20H,7-9H2. The highest BCUT2D eigenvalue weighted by Gasteiger charge is 2.32. The van der Waals surface area contributed by atoms with Crippen LogP contribution in [-0.2, 0) is 30.7 Å². The highest BCUT2D eigenvalue weighted by atomic mass is 19.4. The summed E-state index contributed by atoms with van der Waals surface area (Å²) in [6, 6.07) is 8.76. The molecule has 0 spiro atoms. The summed E-state index contributed by atoms with van der Waals surface area (Å²) < 4.78 is 42.8. The Balaban J connectivity index is 1.94. The topological polar surface area (TPSA) is 55.2 Å². The van der Waals surface area contributed by atoms with Gasteiger partial charge < -0.3 is 9.84 Å². The van der Waals surface area contributed by atoms with Crippen molar-refractivity contribution in [2.24, 2.45) is 0 Å². The van der Waals surface area contributed by atoms with E-state index in [2.05, 4.69) is 9.97 Å². The molecule has 0 saturated heterocycles. The predicted octanol–water partition coefficient (Wildman–Crippen LogP) is 2.70. The van der Waals surface area contributed by atoms with Gasteiger partial charge in [0.25, 0.3) is 0 Å². The third-order valence-corrected chi connectivity index (χ3v) is 2.62. The van der Waals surface area contributed by atoms with Crippen LogP contribution < -0.4 is 0 Å². The molecule has 0 fully saturated rings. The molecule has 0 unspecified atom stereocenters. The average Bonchev–Trinajstić information content (AvgIpc) is 2.47. The summed E-state index contributed by atoms with van der Waals surface area (Å²) in [7, 11) is 0. The Hall–Kier alpha value is -1.99. The van der Waals surface area contributed by atoms with Gasteiger partial charge in [-0.15, -0.1) is 0 Å². The summed E-state index contributed by atoms with van der Waals surface area (Å²) in [6.07, 6.45) is -4.47. The number of rotatable bonds is 5. The molecule has 0 aliphatic heterocycles. The van der Waals surface area contributed by atoms with Gasteiger partial charge in [0.15, 0.2) is 0 Å². The summed E-state index contributed by atoms with van der Waals surface area (Å²) >= 11 is 0. The molecular formula is C14H13F3N2O2. The molecule has 0 bridgehead atoms. The van der Waals surface area contributed by atoms with Gasteiger partial charge in [-0.3, -0.25) is 4.98 Å². The van der Waals surface area contributed by atoms with E-state index >= 15 is 0 Å². The van der Waals surface area contributed by atoms with E-state index in [4.69, 9.17) is 9.84 Å². The molecule has 21 heavy (non-hydrogen) atoms. The lowest BCUT2D eigenvalue weighted by Crippen LogP contribution is -2.09. The molecule has 2 aromatic rings. The third-order valence-electron chi connectivity index (χ3n) is 2.62. The zero-order chi connectivity index (χ0) is 15.3. The van der Waals surface area contributed by atoms with E-state index < -0.39 is 11.9 Å². The highest BCUT2D eigenvalue weighted by Crippen LogP contribution is 2.27. The first-order chi connectivity index (χ1) is 9.99. The Morgan fingerprint density at radius 2 is 1.48 bits per heavy atom. The molecule has 4 nitrogen and oxygen atoms in total. The number of halogens is 3. The highest BCUT2D eigenvalue weighted by molar-refractivity contribution is 5.13. The number of nitrogens with zero attached hydrogens (tertiary/aromatic N) is 2. The van der Waals surface area contributed by atoms with Crippen molar-refractivity contribution < 1.29 is 23.0 Å². The van der Waals surface area contributed by atoms with E-state index in [1.165, 1.54) is 12.1 Å². The van der Waals surface area contributed by atoms with Crippen molar-refractivity contribution in [3.8, 4) is 0 Å². The molecule has 7 heteroatoms. The van der Waals surface area contributed by atoms with Crippen LogP contribution in [0.15, 0.2) is 36.4 Å². The van der Waals surface area contributed by atoms with Gasteiger partial charge in [0, 0.05) is 0 Å². The Bertz CT molecular complexity index is 603. The Morgan fingerprint density at radius 1 is 0.905 bits per heavy atom. The van der Waals surface area contributed by atoms with Gasteiger partial charge >= 0.3 is 6.18 Å². The second-order valence-electron chi connectivity index (χ2n) is 4.28.